The average molecular weight is 574 g/mol. The van der Waals surface area contributed by atoms with Gasteiger partial charge in [-0.05, 0) is 99.3 Å². The van der Waals surface area contributed by atoms with E-state index in [1.165, 1.54) is 4.68 Å². The van der Waals surface area contributed by atoms with Crippen molar-refractivity contribution >= 4 is 17.1 Å². The highest BCUT2D eigenvalue weighted by Crippen LogP contribution is 2.34. The summed E-state index contributed by atoms with van der Waals surface area (Å²) in [6.45, 7) is 12.8. The molecule has 0 spiro atoms. The molecule has 8 nitrogen and oxygen atoms in total. The number of rotatable bonds is 9. The van der Waals surface area contributed by atoms with Gasteiger partial charge in [-0.15, -0.1) is 0 Å². The number of hydrogen-bond acceptors (Lipinski definition) is 6. The maximum absolute atomic E-state index is 13.9. The minimum Gasteiger partial charge on any atom is -0.494 e. The Labute approximate surface area is 251 Å². The fourth-order valence-corrected chi connectivity index (χ4v) is 5.32. The first kappa shape index (κ1) is 29.3. The van der Waals surface area contributed by atoms with Gasteiger partial charge in [0.1, 0.15) is 17.6 Å². The lowest BCUT2D eigenvalue weighted by Crippen LogP contribution is -2.21. The van der Waals surface area contributed by atoms with Crippen molar-refractivity contribution < 1.29 is 9.47 Å². The molecule has 3 aromatic carbocycles. The first-order valence-electron chi connectivity index (χ1n) is 14.4. The Morgan fingerprint density at radius 3 is 2.47 bits per heavy atom. The molecule has 218 valence electrons. The molecule has 2 heterocycles. The minimum atomic E-state index is -0.238. The molecule has 0 atom stereocenters. The number of nitriles is 1. The molecular weight excluding hydrogens is 538 g/mol. The highest BCUT2D eigenvalue weighted by atomic mass is 16.5. The second kappa shape index (κ2) is 12.4. The fraction of sp³-hybridized carbons (Fsp3) is 0.257. The third-order valence-electron chi connectivity index (χ3n) is 7.45. The maximum atomic E-state index is 13.9. The molecule has 0 fully saturated rings. The Balaban J connectivity index is 1.63. The van der Waals surface area contributed by atoms with Crippen LogP contribution in [0.15, 0.2) is 76.6 Å². The number of fused-ring (bicyclic) bond motifs is 1. The van der Waals surface area contributed by atoms with Crippen LogP contribution in [0.4, 0.5) is 0 Å². The summed E-state index contributed by atoms with van der Waals surface area (Å²) in [6.07, 6.45) is 1.72. The molecule has 0 bridgehead atoms. The van der Waals surface area contributed by atoms with Crippen molar-refractivity contribution in [1.29, 1.82) is 5.26 Å². The predicted molar refractivity (Wildman–Crippen MR) is 171 cm³/mol. The quantitative estimate of drug-likeness (QED) is 0.176. The summed E-state index contributed by atoms with van der Waals surface area (Å²) in [5.41, 5.74) is 7.01. The number of nitrogens with zero attached hydrogens (tertiary/aromatic N) is 5. The molecule has 0 aliphatic carbocycles. The van der Waals surface area contributed by atoms with Gasteiger partial charge in [-0.3, -0.25) is 4.79 Å². The second-order valence-corrected chi connectivity index (χ2v) is 10.7. The van der Waals surface area contributed by atoms with Crippen molar-refractivity contribution in [2.45, 2.75) is 47.5 Å². The first-order chi connectivity index (χ1) is 20.7. The SMILES string of the molecule is CCOc1cc(C)c(-c2nc3ccccc3c(=O)n2N=Cc2cc(C)n(-c3ccc(OCC#N)cc3)c2C)cc1C(C)C. The van der Waals surface area contributed by atoms with Crippen LogP contribution in [0.2, 0.25) is 0 Å². The fourth-order valence-electron chi connectivity index (χ4n) is 5.32. The van der Waals surface area contributed by atoms with Crippen LogP contribution in [-0.2, 0) is 0 Å². The first-order valence-corrected chi connectivity index (χ1v) is 14.4. The van der Waals surface area contributed by atoms with Crippen LogP contribution < -0.4 is 15.0 Å². The van der Waals surface area contributed by atoms with Crippen LogP contribution >= 0.6 is 0 Å². The lowest BCUT2D eigenvalue weighted by molar-refractivity contribution is 0.335. The summed E-state index contributed by atoms with van der Waals surface area (Å²) in [7, 11) is 0. The van der Waals surface area contributed by atoms with Gasteiger partial charge >= 0.3 is 0 Å². The number of hydrogen-bond donors (Lipinski definition) is 0. The van der Waals surface area contributed by atoms with Crippen LogP contribution in [0.5, 0.6) is 11.5 Å². The lowest BCUT2D eigenvalue weighted by Gasteiger charge is -2.18. The third-order valence-corrected chi connectivity index (χ3v) is 7.45. The smallest absolute Gasteiger partial charge is 0.282 e. The summed E-state index contributed by atoms with van der Waals surface area (Å²) in [6, 6.07) is 23.1. The van der Waals surface area contributed by atoms with Crippen molar-refractivity contribution in [3.63, 3.8) is 0 Å². The van der Waals surface area contributed by atoms with E-state index in [2.05, 4.69) is 24.5 Å². The molecule has 0 saturated carbocycles. The van der Waals surface area contributed by atoms with E-state index in [4.69, 9.17) is 24.8 Å². The number of aryl methyl sites for hydroxylation is 2. The van der Waals surface area contributed by atoms with Gasteiger partial charge in [-0.2, -0.15) is 15.0 Å². The van der Waals surface area contributed by atoms with Crippen LogP contribution in [-0.4, -0.2) is 33.7 Å². The standard InChI is InChI=1S/C35H35N5O3/c1-7-42-33-18-23(4)31(20-30(33)22(2)3)34-38-32-11-9-8-10-29(32)35(41)40(34)37-21-26-19-24(5)39(25(26)6)27-12-14-28(15-13-27)43-17-16-36/h8-15,18-22H,7,17H2,1-6H3. The normalized spacial score (nSPS) is 11.4. The van der Waals surface area contributed by atoms with E-state index < -0.39 is 0 Å². The summed E-state index contributed by atoms with van der Waals surface area (Å²) in [4.78, 5) is 18.8. The van der Waals surface area contributed by atoms with Gasteiger partial charge < -0.3 is 14.0 Å². The summed E-state index contributed by atoms with van der Waals surface area (Å²) in [5, 5.41) is 14.0. The Hall–Kier alpha value is -5.16. The van der Waals surface area contributed by atoms with E-state index in [1.54, 1.807) is 12.3 Å². The molecule has 0 aliphatic heterocycles. The van der Waals surface area contributed by atoms with Gasteiger partial charge in [0.25, 0.3) is 5.56 Å². The van der Waals surface area contributed by atoms with Crippen molar-refractivity contribution in [2.24, 2.45) is 5.10 Å². The molecule has 5 aromatic rings. The topological polar surface area (TPSA) is 94.4 Å². The summed E-state index contributed by atoms with van der Waals surface area (Å²) < 4.78 is 14.9. The number of benzene rings is 3. The number of ether oxygens (including phenoxy) is 2. The van der Waals surface area contributed by atoms with E-state index in [0.29, 0.717) is 29.1 Å². The maximum Gasteiger partial charge on any atom is 0.282 e. The largest absolute Gasteiger partial charge is 0.494 e. The number of aromatic nitrogens is 3. The van der Waals surface area contributed by atoms with E-state index in [-0.39, 0.29) is 18.1 Å². The van der Waals surface area contributed by atoms with E-state index in [0.717, 1.165) is 45.1 Å². The van der Waals surface area contributed by atoms with Crippen LogP contribution in [0.1, 0.15) is 54.8 Å². The van der Waals surface area contributed by atoms with Gasteiger partial charge in [0.15, 0.2) is 12.4 Å². The van der Waals surface area contributed by atoms with Crippen molar-refractivity contribution in [2.75, 3.05) is 13.2 Å². The van der Waals surface area contributed by atoms with Crippen molar-refractivity contribution in [1.82, 2.24) is 14.2 Å². The van der Waals surface area contributed by atoms with Crippen LogP contribution in [0.3, 0.4) is 0 Å². The monoisotopic (exact) mass is 573 g/mol. The van der Waals surface area contributed by atoms with Crippen molar-refractivity contribution in [3.05, 3.63) is 105 Å². The van der Waals surface area contributed by atoms with Gasteiger partial charge in [0.2, 0.25) is 0 Å². The van der Waals surface area contributed by atoms with E-state index in [1.807, 2.05) is 88.4 Å². The highest BCUT2D eigenvalue weighted by Gasteiger charge is 2.19. The zero-order chi connectivity index (χ0) is 30.7. The Morgan fingerprint density at radius 1 is 1.02 bits per heavy atom. The van der Waals surface area contributed by atoms with Crippen LogP contribution in [0.25, 0.3) is 28.0 Å². The molecule has 5 rings (SSSR count). The molecular formula is C35H35N5O3. The van der Waals surface area contributed by atoms with Crippen molar-refractivity contribution in [3.8, 4) is 34.6 Å². The Bertz CT molecular complexity index is 1930. The molecule has 2 aromatic heterocycles. The Morgan fingerprint density at radius 2 is 1.77 bits per heavy atom. The van der Waals surface area contributed by atoms with Gasteiger partial charge in [0, 0.05) is 28.2 Å². The summed E-state index contributed by atoms with van der Waals surface area (Å²) in [5.74, 6) is 2.16. The minimum absolute atomic E-state index is 0.00148. The molecule has 0 saturated heterocycles. The van der Waals surface area contributed by atoms with Crippen LogP contribution in [0, 0.1) is 32.1 Å². The van der Waals surface area contributed by atoms with E-state index in [9.17, 15) is 4.79 Å². The van der Waals surface area contributed by atoms with Gasteiger partial charge in [-0.25, -0.2) is 4.98 Å². The third kappa shape index (κ3) is 5.80. The zero-order valence-electron chi connectivity index (χ0n) is 25.4. The Kier molecular flexibility index (Phi) is 8.44. The number of para-hydroxylation sites is 1. The molecule has 0 aliphatic rings. The average Bonchev–Trinajstić information content (AvgIpc) is 3.28. The lowest BCUT2D eigenvalue weighted by atomic mass is 9.96. The molecule has 0 amide bonds. The molecule has 43 heavy (non-hydrogen) atoms. The predicted octanol–water partition coefficient (Wildman–Crippen LogP) is 7.09. The highest BCUT2D eigenvalue weighted by molar-refractivity contribution is 5.84. The van der Waals surface area contributed by atoms with E-state index >= 15 is 0 Å². The van der Waals surface area contributed by atoms with Gasteiger partial charge in [-0.1, -0.05) is 26.0 Å². The molecule has 0 N–H and O–H groups in total. The zero-order valence-corrected chi connectivity index (χ0v) is 25.4. The summed E-state index contributed by atoms with van der Waals surface area (Å²) >= 11 is 0. The van der Waals surface area contributed by atoms with Gasteiger partial charge in [0.05, 0.1) is 23.7 Å². The molecule has 8 heteroatoms. The second-order valence-electron chi connectivity index (χ2n) is 10.7. The molecule has 0 radical (unpaired) electrons. The molecule has 0 unspecified atom stereocenters.